The largest absolute Gasteiger partial charge is 0.450 e. The number of ether oxygens (including phenoxy) is 1. The number of hydrogen-bond donors (Lipinski definition) is 2. The van der Waals surface area contributed by atoms with Gasteiger partial charge in [-0.15, -0.1) is 5.10 Å². The number of nitrogens with two attached hydrogens (primary N) is 1. The molecule has 0 atom stereocenters. The first kappa shape index (κ1) is 12.6. The maximum absolute atomic E-state index is 11.7. The standard InChI is InChI=1S/C11H17N5O2/c1-3-18-11(17)16-5-4-9-8(6-16)7(2)10(13-12)15-14-9/h3-6,12H2,1-2H3,(H,13,15). The fourth-order valence-electron chi connectivity index (χ4n) is 2.03. The first-order valence-electron chi connectivity index (χ1n) is 5.90. The summed E-state index contributed by atoms with van der Waals surface area (Å²) in [6.07, 6.45) is 0.397. The van der Waals surface area contributed by atoms with Crippen molar-refractivity contribution in [3.8, 4) is 0 Å². The molecule has 98 valence electrons. The summed E-state index contributed by atoms with van der Waals surface area (Å²) in [5, 5.41) is 8.11. The van der Waals surface area contributed by atoms with E-state index in [4.69, 9.17) is 10.6 Å². The molecule has 1 aliphatic heterocycles. The van der Waals surface area contributed by atoms with Crippen LogP contribution in [0.25, 0.3) is 0 Å². The Hall–Kier alpha value is -1.89. The van der Waals surface area contributed by atoms with E-state index in [1.165, 1.54) is 0 Å². The lowest BCUT2D eigenvalue weighted by Gasteiger charge is -2.28. The fourth-order valence-corrected chi connectivity index (χ4v) is 2.03. The van der Waals surface area contributed by atoms with Gasteiger partial charge in [0.1, 0.15) is 0 Å². The van der Waals surface area contributed by atoms with E-state index >= 15 is 0 Å². The highest BCUT2D eigenvalue weighted by atomic mass is 16.6. The molecule has 0 aliphatic carbocycles. The average molecular weight is 251 g/mol. The van der Waals surface area contributed by atoms with Gasteiger partial charge in [0.2, 0.25) is 0 Å². The molecule has 1 amide bonds. The number of amides is 1. The van der Waals surface area contributed by atoms with E-state index in [2.05, 4.69) is 15.6 Å². The molecule has 2 rings (SSSR count). The first-order valence-corrected chi connectivity index (χ1v) is 5.90. The second-order valence-corrected chi connectivity index (χ2v) is 4.11. The number of carbonyl (C=O) groups excluding carboxylic acids is 1. The van der Waals surface area contributed by atoms with E-state index in [0.29, 0.717) is 31.9 Å². The van der Waals surface area contributed by atoms with Crippen LogP contribution >= 0.6 is 0 Å². The lowest BCUT2D eigenvalue weighted by molar-refractivity contribution is 0.102. The van der Waals surface area contributed by atoms with E-state index in [1.807, 2.05) is 6.92 Å². The summed E-state index contributed by atoms with van der Waals surface area (Å²) in [6.45, 7) is 5.19. The summed E-state index contributed by atoms with van der Waals surface area (Å²) in [4.78, 5) is 13.4. The van der Waals surface area contributed by atoms with Gasteiger partial charge >= 0.3 is 6.09 Å². The summed E-state index contributed by atoms with van der Waals surface area (Å²) < 4.78 is 5.00. The summed E-state index contributed by atoms with van der Waals surface area (Å²) in [7, 11) is 0. The van der Waals surface area contributed by atoms with Crippen LogP contribution in [-0.4, -0.2) is 34.3 Å². The van der Waals surface area contributed by atoms with Crippen LogP contribution in [0.15, 0.2) is 0 Å². The zero-order valence-electron chi connectivity index (χ0n) is 10.6. The number of hydrogen-bond acceptors (Lipinski definition) is 6. The van der Waals surface area contributed by atoms with Crippen molar-refractivity contribution in [2.45, 2.75) is 26.8 Å². The number of aromatic nitrogens is 2. The molecule has 0 spiro atoms. The highest BCUT2D eigenvalue weighted by Gasteiger charge is 2.25. The van der Waals surface area contributed by atoms with E-state index in [9.17, 15) is 4.79 Å². The highest BCUT2D eigenvalue weighted by molar-refractivity contribution is 5.68. The molecule has 3 N–H and O–H groups in total. The molecule has 0 radical (unpaired) electrons. The van der Waals surface area contributed by atoms with Crippen LogP contribution in [-0.2, 0) is 17.7 Å². The minimum Gasteiger partial charge on any atom is -0.450 e. The lowest BCUT2D eigenvalue weighted by Crippen LogP contribution is -2.37. The normalized spacial score (nSPS) is 14.1. The molecule has 7 heteroatoms. The van der Waals surface area contributed by atoms with Gasteiger partial charge in [0.25, 0.3) is 0 Å². The third-order valence-corrected chi connectivity index (χ3v) is 3.06. The maximum atomic E-state index is 11.7. The van der Waals surface area contributed by atoms with Gasteiger partial charge in [0.15, 0.2) is 5.82 Å². The zero-order valence-corrected chi connectivity index (χ0v) is 10.6. The number of hydrazine groups is 1. The molecule has 0 unspecified atom stereocenters. The summed E-state index contributed by atoms with van der Waals surface area (Å²) in [5.74, 6) is 5.91. The molecule has 0 aromatic carbocycles. The topological polar surface area (TPSA) is 93.4 Å². The van der Waals surface area contributed by atoms with Gasteiger partial charge in [-0.2, -0.15) is 5.10 Å². The molecule has 1 aliphatic rings. The average Bonchev–Trinajstić information content (AvgIpc) is 2.39. The number of nitrogen functional groups attached to an aromatic ring is 1. The van der Waals surface area contributed by atoms with Crippen LogP contribution in [0.3, 0.4) is 0 Å². The van der Waals surface area contributed by atoms with Crippen LogP contribution in [0.1, 0.15) is 23.7 Å². The van der Waals surface area contributed by atoms with Gasteiger partial charge in [0, 0.05) is 24.1 Å². The Kier molecular flexibility index (Phi) is 3.61. The number of nitrogens with zero attached hydrogens (tertiary/aromatic N) is 3. The lowest BCUT2D eigenvalue weighted by atomic mass is 10.0. The zero-order chi connectivity index (χ0) is 13.1. The summed E-state index contributed by atoms with van der Waals surface area (Å²) in [6, 6.07) is 0. The maximum Gasteiger partial charge on any atom is 0.410 e. The van der Waals surface area contributed by atoms with Gasteiger partial charge in [-0.3, -0.25) is 0 Å². The van der Waals surface area contributed by atoms with Gasteiger partial charge in [-0.05, 0) is 13.8 Å². The SMILES string of the molecule is CCOC(=O)N1CCc2nnc(NN)c(C)c2C1. The quantitative estimate of drug-likeness (QED) is 0.590. The van der Waals surface area contributed by atoms with E-state index in [1.54, 1.807) is 11.8 Å². The van der Waals surface area contributed by atoms with Gasteiger partial charge in [-0.1, -0.05) is 0 Å². The smallest absolute Gasteiger partial charge is 0.410 e. The van der Waals surface area contributed by atoms with Crippen LogP contribution in [0.5, 0.6) is 0 Å². The summed E-state index contributed by atoms with van der Waals surface area (Å²) >= 11 is 0. The molecular formula is C11H17N5O2. The van der Waals surface area contributed by atoms with Gasteiger partial charge in [-0.25, -0.2) is 10.6 Å². The highest BCUT2D eigenvalue weighted by Crippen LogP contribution is 2.24. The number of carbonyl (C=O) groups is 1. The Labute approximate surface area is 105 Å². The number of fused-ring (bicyclic) bond motifs is 1. The van der Waals surface area contributed by atoms with Crippen molar-refractivity contribution in [1.82, 2.24) is 15.1 Å². The first-order chi connectivity index (χ1) is 8.67. The molecule has 0 saturated heterocycles. The predicted molar refractivity (Wildman–Crippen MR) is 65.7 cm³/mol. The molecular weight excluding hydrogens is 234 g/mol. The van der Waals surface area contributed by atoms with Crippen molar-refractivity contribution < 1.29 is 9.53 Å². The molecule has 0 bridgehead atoms. The van der Waals surface area contributed by atoms with E-state index < -0.39 is 0 Å². The monoisotopic (exact) mass is 251 g/mol. The summed E-state index contributed by atoms with van der Waals surface area (Å²) in [5.41, 5.74) is 5.35. The number of rotatable bonds is 2. The van der Waals surface area contributed by atoms with Crippen molar-refractivity contribution in [3.05, 3.63) is 16.8 Å². The Morgan fingerprint density at radius 3 is 3.00 bits per heavy atom. The molecule has 7 nitrogen and oxygen atoms in total. The van der Waals surface area contributed by atoms with Gasteiger partial charge < -0.3 is 15.1 Å². The Morgan fingerprint density at radius 1 is 1.56 bits per heavy atom. The minimum absolute atomic E-state index is 0.290. The van der Waals surface area contributed by atoms with Crippen LogP contribution < -0.4 is 11.3 Å². The molecule has 2 heterocycles. The number of anilines is 1. The predicted octanol–water partition coefficient (Wildman–Crippen LogP) is 0.585. The Balaban J connectivity index is 2.24. The molecule has 1 aromatic heterocycles. The van der Waals surface area contributed by atoms with Crippen molar-refractivity contribution in [1.29, 1.82) is 0 Å². The Bertz CT molecular complexity index is 463. The minimum atomic E-state index is -0.290. The Morgan fingerprint density at radius 2 is 2.33 bits per heavy atom. The van der Waals surface area contributed by atoms with Gasteiger partial charge in [0.05, 0.1) is 18.8 Å². The number of nitrogens with one attached hydrogen (secondary N) is 1. The molecule has 18 heavy (non-hydrogen) atoms. The van der Waals surface area contributed by atoms with Crippen molar-refractivity contribution in [3.63, 3.8) is 0 Å². The van der Waals surface area contributed by atoms with E-state index in [-0.39, 0.29) is 6.09 Å². The fraction of sp³-hybridized carbons (Fsp3) is 0.545. The van der Waals surface area contributed by atoms with Crippen LogP contribution in [0, 0.1) is 6.92 Å². The molecule has 1 aromatic rings. The van der Waals surface area contributed by atoms with E-state index in [0.717, 1.165) is 16.8 Å². The third-order valence-electron chi connectivity index (χ3n) is 3.06. The van der Waals surface area contributed by atoms with Crippen molar-refractivity contribution in [2.24, 2.45) is 5.84 Å². The third kappa shape index (κ3) is 2.21. The van der Waals surface area contributed by atoms with Crippen molar-refractivity contribution in [2.75, 3.05) is 18.6 Å². The second kappa shape index (κ2) is 5.18. The molecule has 0 fully saturated rings. The van der Waals surface area contributed by atoms with Crippen molar-refractivity contribution >= 4 is 11.9 Å². The molecule has 0 saturated carbocycles. The van der Waals surface area contributed by atoms with Crippen LogP contribution in [0.4, 0.5) is 10.6 Å². The second-order valence-electron chi connectivity index (χ2n) is 4.11. The van der Waals surface area contributed by atoms with Crippen LogP contribution in [0.2, 0.25) is 0 Å².